The van der Waals surface area contributed by atoms with Gasteiger partial charge in [0.2, 0.25) is 5.69 Å². The molecule has 1 unspecified atom stereocenters. The summed E-state index contributed by atoms with van der Waals surface area (Å²) < 4.78 is 115. The van der Waals surface area contributed by atoms with Crippen molar-refractivity contribution in [2.24, 2.45) is 7.05 Å². The fourth-order valence-electron chi connectivity index (χ4n) is 5.21. The minimum Gasteiger partial charge on any atom is -0.453 e. The monoisotopic (exact) mass is 460 g/mol. The van der Waals surface area contributed by atoms with Crippen LogP contribution in [-0.4, -0.2) is 4.98 Å². The number of hydrogen-bond acceptors (Lipinski definition) is 2. The van der Waals surface area contributed by atoms with Gasteiger partial charge in [0.15, 0.2) is 17.4 Å². The van der Waals surface area contributed by atoms with E-state index in [0.29, 0.717) is 55.4 Å². The Morgan fingerprint density at radius 2 is 1.91 bits per heavy atom. The van der Waals surface area contributed by atoms with Crippen LogP contribution < -0.4 is 4.57 Å². The number of aromatic nitrogens is 2. The van der Waals surface area contributed by atoms with Gasteiger partial charge in [-0.25, -0.2) is 4.57 Å². The molecule has 0 fully saturated rings. The molecule has 5 aromatic rings. The number of rotatable bonds is 2. The van der Waals surface area contributed by atoms with Gasteiger partial charge in [-0.15, -0.1) is 0 Å². The highest BCUT2D eigenvalue weighted by molar-refractivity contribution is 6.12. The second-order valence-corrected chi connectivity index (χ2v) is 9.10. The summed E-state index contributed by atoms with van der Waals surface area (Å²) >= 11 is 0. The molecule has 1 atom stereocenters. The number of fused-ring (bicyclic) bond motifs is 7. The van der Waals surface area contributed by atoms with Crippen molar-refractivity contribution in [2.45, 2.75) is 52.6 Å². The minimum atomic E-state index is -3.43. The summed E-state index contributed by atoms with van der Waals surface area (Å²) in [6, 6.07) is 11.9. The van der Waals surface area contributed by atoms with E-state index in [9.17, 15) is 0 Å². The van der Waals surface area contributed by atoms with Crippen molar-refractivity contribution in [1.29, 1.82) is 0 Å². The van der Waals surface area contributed by atoms with E-state index in [1.54, 1.807) is 51.4 Å². The molecule has 6 rings (SSSR count). The lowest BCUT2D eigenvalue weighted by Gasteiger charge is -2.20. The fourth-order valence-corrected chi connectivity index (χ4v) is 5.21. The molecule has 3 heteroatoms. The number of furan rings is 1. The molecule has 34 heavy (non-hydrogen) atoms. The SMILES string of the molecule is [2H]C([2H])([2H])c1c[n+](C)c(-c2c(C)ccc3c2oc2c4c(cnc23)C(C)(C([2H])([2H])[2H])c2ccccc2-4)cc1C([2H])(C([2H])([2H])[2H])C([2H])([2H])[2H]. The molecule has 2 aromatic carbocycles. The summed E-state index contributed by atoms with van der Waals surface area (Å²) in [7, 11) is 1.54. The Kier molecular flexibility index (Phi) is 2.34. The van der Waals surface area contributed by atoms with Crippen LogP contribution in [0.15, 0.2) is 59.3 Å². The molecule has 3 aromatic heterocycles. The summed E-state index contributed by atoms with van der Waals surface area (Å²) in [5, 5.41) is 0.550. The molecule has 0 N–H and O–H groups in total. The van der Waals surface area contributed by atoms with Crippen molar-refractivity contribution in [3.05, 3.63) is 82.7 Å². The van der Waals surface area contributed by atoms with Crippen molar-refractivity contribution >= 4 is 22.1 Å². The predicted molar refractivity (Wildman–Crippen MR) is 139 cm³/mol. The van der Waals surface area contributed by atoms with Gasteiger partial charge in [0, 0.05) is 52.0 Å². The average molecular weight is 461 g/mol. The Balaban J connectivity index is 1.73. The summed E-state index contributed by atoms with van der Waals surface area (Å²) in [4.78, 5) is 4.68. The molecule has 0 amide bonds. The van der Waals surface area contributed by atoms with Crippen LogP contribution in [0.5, 0.6) is 0 Å². The third kappa shape index (κ3) is 2.70. The van der Waals surface area contributed by atoms with Gasteiger partial charge in [0.05, 0.1) is 5.56 Å². The molecule has 0 aliphatic heterocycles. The van der Waals surface area contributed by atoms with Crippen LogP contribution in [0.2, 0.25) is 0 Å². The number of nitrogens with zero attached hydrogens (tertiary/aromatic N) is 2. The van der Waals surface area contributed by atoms with Crippen molar-refractivity contribution < 1.29 is 26.8 Å². The minimum absolute atomic E-state index is 0.213. The number of benzene rings is 2. The third-order valence-electron chi connectivity index (χ3n) is 6.93. The molecule has 3 heterocycles. The first-order chi connectivity index (χ1) is 21.5. The summed E-state index contributed by atoms with van der Waals surface area (Å²) in [5.74, 6) is -3.28. The maximum absolute atomic E-state index is 8.90. The van der Waals surface area contributed by atoms with Crippen molar-refractivity contribution in [2.75, 3.05) is 0 Å². The van der Waals surface area contributed by atoms with E-state index >= 15 is 0 Å². The summed E-state index contributed by atoms with van der Waals surface area (Å²) in [6.45, 7) is -8.79. The van der Waals surface area contributed by atoms with Gasteiger partial charge in [-0.2, -0.15) is 0 Å². The predicted octanol–water partition coefficient (Wildman–Crippen LogP) is 7.52. The molecule has 1 aliphatic carbocycles. The molecule has 0 saturated heterocycles. The molecular weight excluding hydrogens is 416 g/mol. The maximum atomic E-state index is 8.90. The Hall–Kier alpha value is -3.46. The van der Waals surface area contributed by atoms with Crippen molar-refractivity contribution in [1.82, 2.24) is 4.98 Å². The van der Waals surface area contributed by atoms with E-state index in [0.717, 1.165) is 12.3 Å². The van der Waals surface area contributed by atoms with E-state index in [1.807, 2.05) is 12.1 Å². The Morgan fingerprint density at radius 1 is 1.06 bits per heavy atom. The van der Waals surface area contributed by atoms with E-state index in [4.69, 9.17) is 22.2 Å². The maximum Gasteiger partial charge on any atom is 0.216 e. The molecule has 0 bridgehead atoms. The van der Waals surface area contributed by atoms with Crippen LogP contribution in [0.25, 0.3) is 44.5 Å². The van der Waals surface area contributed by atoms with Gasteiger partial charge in [0.25, 0.3) is 0 Å². The van der Waals surface area contributed by atoms with E-state index in [2.05, 4.69) is 4.98 Å². The lowest BCUT2D eigenvalue weighted by molar-refractivity contribution is -0.660. The quantitative estimate of drug-likeness (QED) is 0.255. The molecule has 0 spiro atoms. The zero-order valence-electron chi connectivity index (χ0n) is 32.0. The Labute approximate surface area is 219 Å². The van der Waals surface area contributed by atoms with Crippen molar-refractivity contribution in [3.63, 3.8) is 0 Å². The molecule has 0 radical (unpaired) electrons. The van der Waals surface area contributed by atoms with Gasteiger partial charge in [-0.05, 0) is 53.6 Å². The normalized spacial score (nSPS) is 24.5. The number of pyridine rings is 2. The Bertz CT molecular complexity index is 2090. The van der Waals surface area contributed by atoms with Crippen LogP contribution >= 0.6 is 0 Å². The average Bonchev–Trinajstić information content (AvgIpc) is 3.44. The van der Waals surface area contributed by atoms with Crippen LogP contribution in [0, 0.1) is 13.8 Å². The lowest BCUT2D eigenvalue weighted by Crippen LogP contribution is -2.32. The summed E-state index contributed by atoms with van der Waals surface area (Å²) in [5.41, 5.74) is 2.08. The molecule has 0 saturated carbocycles. The fraction of sp³-hybridized carbons (Fsp3) is 0.290. The van der Waals surface area contributed by atoms with Gasteiger partial charge >= 0.3 is 0 Å². The Morgan fingerprint density at radius 3 is 2.71 bits per heavy atom. The lowest BCUT2D eigenvalue weighted by atomic mass is 9.83. The van der Waals surface area contributed by atoms with Gasteiger partial charge in [-0.3, -0.25) is 4.98 Å². The van der Waals surface area contributed by atoms with Crippen LogP contribution in [0.4, 0.5) is 0 Å². The first kappa shape index (κ1) is 11.3. The van der Waals surface area contributed by atoms with Gasteiger partial charge < -0.3 is 4.42 Å². The zero-order chi connectivity index (χ0) is 34.9. The first-order valence-corrected chi connectivity index (χ1v) is 11.0. The molecule has 3 nitrogen and oxygen atoms in total. The zero-order valence-corrected chi connectivity index (χ0v) is 19.0. The second-order valence-electron chi connectivity index (χ2n) is 9.10. The first-order valence-electron chi connectivity index (χ1n) is 17.5. The molecule has 170 valence electrons. The summed E-state index contributed by atoms with van der Waals surface area (Å²) in [6.07, 6.45) is 2.70. The third-order valence-corrected chi connectivity index (χ3v) is 6.93. The van der Waals surface area contributed by atoms with E-state index < -0.39 is 49.8 Å². The van der Waals surface area contributed by atoms with E-state index in [-0.39, 0.29) is 5.69 Å². The number of hydrogen-bond donors (Lipinski definition) is 0. The van der Waals surface area contributed by atoms with Crippen LogP contribution in [0.3, 0.4) is 0 Å². The topological polar surface area (TPSA) is 29.9 Å². The highest BCUT2D eigenvalue weighted by Gasteiger charge is 2.38. The number of aryl methyl sites for hydroxylation is 3. The molecular formula is C31H31N2O+. The van der Waals surface area contributed by atoms with Crippen LogP contribution in [0.1, 0.15) is 79.0 Å². The van der Waals surface area contributed by atoms with E-state index in [1.165, 1.54) is 4.57 Å². The van der Waals surface area contributed by atoms with Gasteiger partial charge in [0.1, 0.15) is 12.6 Å². The van der Waals surface area contributed by atoms with Crippen LogP contribution in [-0.2, 0) is 12.5 Å². The van der Waals surface area contributed by atoms with Gasteiger partial charge in [-0.1, -0.05) is 57.8 Å². The highest BCUT2D eigenvalue weighted by Crippen LogP contribution is 2.52. The van der Waals surface area contributed by atoms with Crippen molar-refractivity contribution in [3.8, 4) is 22.4 Å². The molecule has 1 aliphatic rings. The largest absolute Gasteiger partial charge is 0.453 e. The second kappa shape index (κ2) is 7.02. The standard InChI is InChI=1S/C31H31N2O/c1-17(2)22-14-25(33(7)16-19(22)4)26-18(3)12-13-21-28-30(34-29(21)26)27-20-10-8-9-11-23(20)31(5,6)24(27)15-32-28/h8-17H,1-7H3/q+1/i1D3,2D3,4D3,5D3,17D. The highest BCUT2D eigenvalue weighted by atomic mass is 16.3. The smallest absolute Gasteiger partial charge is 0.216 e.